The molecule has 1 aromatic heterocycles. The van der Waals surface area contributed by atoms with Crippen molar-refractivity contribution in [1.82, 2.24) is 15.3 Å². The Morgan fingerprint density at radius 3 is 2.75 bits per heavy atom. The number of carbonyl (C=O) groups is 1. The molecule has 0 aliphatic heterocycles. The molecule has 1 heterocycles. The predicted octanol–water partition coefficient (Wildman–Crippen LogP) is 3.70. The molecule has 128 valence electrons. The Bertz CT molecular complexity index is 646. The fraction of sp³-hybridized carbons (Fsp3) is 0.389. The van der Waals surface area contributed by atoms with Crippen molar-refractivity contribution in [3.05, 3.63) is 52.9 Å². The summed E-state index contributed by atoms with van der Waals surface area (Å²) in [5, 5.41) is 6.74. The summed E-state index contributed by atoms with van der Waals surface area (Å²) in [6, 6.07) is 7.61. The summed E-state index contributed by atoms with van der Waals surface area (Å²) < 4.78 is 0. The maximum Gasteiger partial charge on any atom is 0.271 e. The number of nitrogens with one attached hydrogen (secondary N) is 2. The fourth-order valence-corrected chi connectivity index (χ4v) is 2.44. The van der Waals surface area contributed by atoms with Crippen LogP contribution in [0.15, 0.2) is 36.7 Å². The number of anilines is 1. The smallest absolute Gasteiger partial charge is 0.271 e. The summed E-state index contributed by atoms with van der Waals surface area (Å²) in [6.45, 7) is 3.56. The number of rotatable bonds is 9. The lowest BCUT2D eigenvalue weighted by Crippen LogP contribution is -2.26. The largest absolute Gasteiger partial charge is 0.369 e. The van der Waals surface area contributed by atoms with Crippen molar-refractivity contribution in [3.8, 4) is 0 Å². The maximum atomic E-state index is 12.1. The second-order valence-electron chi connectivity index (χ2n) is 5.56. The zero-order valence-corrected chi connectivity index (χ0v) is 14.6. The van der Waals surface area contributed by atoms with Crippen LogP contribution in [-0.4, -0.2) is 29.0 Å². The van der Waals surface area contributed by atoms with Crippen LogP contribution in [0.1, 0.15) is 42.2 Å². The number of halogens is 1. The highest BCUT2D eigenvalue weighted by molar-refractivity contribution is 6.30. The fourth-order valence-electron chi connectivity index (χ4n) is 2.23. The molecule has 1 aromatic carbocycles. The number of amides is 1. The van der Waals surface area contributed by atoms with Crippen molar-refractivity contribution in [1.29, 1.82) is 0 Å². The van der Waals surface area contributed by atoms with Crippen LogP contribution >= 0.6 is 11.6 Å². The van der Waals surface area contributed by atoms with Gasteiger partial charge >= 0.3 is 0 Å². The van der Waals surface area contributed by atoms with Crippen molar-refractivity contribution in [2.45, 2.75) is 32.6 Å². The Morgan fingerprint density at radius 2 is 2.04 bits per heavy atom. The lowest BCUT2D eigenvalue weighted by molar-refractivity contribution is 0.0949. The molecule has 0 radical (unpaired) electrons. The first-order valence-electron chi connectivity index (χ1n) is 8.27. The average molecular weight is 347 g/mol. The molecule has 0 aliphatic rings. The molecule has 0 saturated carbocycles. The highest BCUT2D eigenvalue weighted by Gasteiger charge is 2.07. The number of unbranched alkanes of at least 4 members (excludes halogenated alkanes) is 2. The van der Waals surface area contributed by atoms with E-state index in [4.69, 9.17) is 11.6 Å². The Hall–Kier alpha value is -2.14. The Labute approximate surface area is 147 Å². The Kier molecular flexibility index (Phi) is 7.49. The number of benzene rings is 1. The van der Waals surface area contributed by atoms with E-state index in [9.17, 15) is 4.79 Å². The van der Waals surface area contributed by atoms with Crippen LogP contribution in [0.4, 0.5) is 5.82 Å². The van der Waals surface area contributed by atoms with Crippen LogP contribution in [0.3, 0.4) is 0 Å². The van der Waals surface area contributed by atoms with Crippen molar-refractivity contribution < 1.29 is 4.79 Å². The van der Waals surface area contributed by atoms with Crippen molar-refractivity contribution >= 4 is 23.3 Å². The zero-order valence-electron chi connectivity index (χ0n) is 13.9. The highest BCUT2D eigenvalue weighted by atomic mass is 35.5. The third-order valence-electron chi connectivity index (χ3n) is 3.56. The van der Waals surface area contributed by atoms with E-state index in [-0.39, 0.29) is 5.91 Å². The van der Waals surface area contributed by atoms with E-state index in [0.717, 1.165) is 24.9 Å². The molecular formula is C18H23ClN4O. The normalized spacial score (nSPS) is 10.4. The predicted molar refractivity (Wildman–Crippen MR) is 97.5 cm³/mol. The molecule has 1 amide bonds. The molecule has 0 fully saturated rings. The van der Waals surface area contributed by atoms with Crippen molar-refractivity contribution in [2.24, 2.45) is 0 Å². The quantitative estimate of drug-likeness (QED) is 0.679. The molecule has 0 aliphatic carbocycles. The summed E-state index contributed by atoms with van der Waals surface area (Å²) in [7, 11) is 0. The summed E-state index contributed by atoms with van der Waals surface area (Å²) in [4.78, 5) is 20.4. The topological polar surface area (TPSA) is 66.9 Å². The second kappa shape index (κ2) is 9.88. The first-order chi connectivity index (χ1) is 11.7. The minimum atomic E-state index is -0.220. The summed E-state index contributed by atoms with van der Waals surface area (Å²) >= 11 is 5.94. The van der Waals surface area contributed by atoms with Gasteiger partial charge in [-0.2, -0.15) is 0 Å². The van der Waals surface area contributed by atoms with Gasteiger partial charge in [-0.15, -0.1) is 0 Å². The molecule has 0 unspecified atom stereocenters. The minimum Gasteiger partial charge on any atom is -0.369 e. The molecule has 2 rings (SSSR count). The third-order valence-corrected chi connectivity index (χ3v) is 3.79. The zero-order chi connectivity index (χ0) is 17.2. The summed E-state index contributed by atoms with van der Waals surface area (Å²) in [5.41, 5.74) is 1.40. The number of hydrogen-bond acceptors (Lipinski definition) is 4. The molecule has 0 saturated heterocycles. The van der Waals surface area contributed by atoms with E-state index in [1.165, 1.54) is 19.0 Å². The third kappa shape index (κ3) is 6.16. The molecule has 2 aromatic rings. The molecule has 5 nitrogen and oxygen atoms in total. The van der Waals surface area contributed by atoms with Crippen LogP contribution in [0.2, 0.25) is 5.02 Å². The van der Waals surface area contributed by atoms with E-state index in [0.29, 0.717) is 23.1 Å². The van der Waals surface area contributed by atoms with E-state index in [1.54, 1.807) is 6.20 Å². The molecule has 0 spiro atoms. The average Bonchev–Trinajstić information content (AvgIpc) is 2.59. The molecule has 2 N–H and O–H groups in total. The summed E-state index contributed by atoms with van der Waals surface area (Å²) in [5.74, 6) is 0.476. The van der Waals surface area contributed by atoms with E-state index in [1.807, 2.05) is 24.3 Å². The van der Waals surface area contributed by atoms with Crippen LogP contribution < -0.4 is 10.6 Å². The van der Waals surface area contributed by atoms with Gasteiger partial charge < -0.3 is 10.6 Å². The number of hydrogen-bond donors (Lipinski definition) is 2. The monoisotopic (exact) mass is 346 g/mol. The first-order valence-corrected chi connectivity index (χ1v) is 8.65. The summed E-state index contributed by atoms with van der Waals surface area (Å²) in [6.07, 6.45) is 7.28. The van der Waals surface area contributed by atoms with Crippen molar-refractivity contribution in [3.63, 3.8) is 0 Å². The first kappa shape index (κ1) is 18.2. The van der Waals surface area contributed by atoms with Crippen molar-refractivity contribution in [2.75, 3.05) is 18.4 Å². The number of nitrogens with zero attached hydrogens (tertiary/aromatic N) is 2. The van der Waals surface area contributed by atoms with Gasteiger partial charge in [0.1, 0.15) is 11.5 Å². The maximum absolute atomic E-state index is 12.1. The van der Waals surface area contributed by atoms with Crippen LogP contribution in [0, 0.1) is 0 Å². The number of aromatic nitrogens is 2. The lowest BCUT2D eigenvalue weighted by atomic mass is 10.1. The number of carbonyl (C=O) groups excluding carboxylic acids is 1. The minimum absolute atomic E-state index is 0.220. The molecule has 0 atom stereocenters. The highest BCUT2D eigenvalue weighted by Crippen LogP contribution is 2.10. The van der Waals surface area contributed by atoms with Gasteiger partial charge in [-0.3, -0.25) is 4.79 Å². The molecular weight excluding hydrogens is 324 g/mol. The Balaban J connectivity index is 1.75. The standard InChI is InChI=1S/C18H23ClN4O/c1-2-3-4-9-20-17-13-22-16(12-23-17)18(24)21-10-8-14-6-5-7-15(19)11-14/h5-7,11-13H,2-4,8-10H2,1H3,(H,20,23)(H,21,24). The van der Waals surface area contributed by atoms with Crippen LogP contribution in [0.5, 0.6) is 0 Å². The van der Waals surface area contributed by atoms with Gasteiger partial charge in [-0.1, -0.05) is 43.5 Å². The molecule has 6 heteroatoms. The van der Waals surface area contributed by atoms with E-state index >= 15 is 0 Å². The molecule has 0 bridgehead atoms. The van der Waals surface area contributed by atoms with Gasteiger partial charge in [0.15, 0.2) is 0 Å². The lowest BCUT2D eigenvalue weighted by Gasteiger charge is -2.07. The van der Waals surface area contributed by atoms with Gasteiger partial charge in [-0.25, -0.2) is 9.97 Å². The van der Waals surface area contributed by atoms with Crippen LogP contribution in [-0.2, 0) is 6.42 Å². The van der Waals surface area contributed by atoms with E-state index in [2.05, 4.69) is 27.5 Å². The van der Waals surface area contributed by atoms with Gasteiger partial charge in [0.25, 0.3) is 5.91 Å². The van der Waals surface area contributed by atoms with E-state index < -0.39 is 0 Å². The van der Waals surface area contributed by atoms with Gasteiger partial charge in [-0.05, 0) is 30.5 Å². The molecule has 24 heavy (non-hydrogen) atoms. The van der Waals surface area contributed by atoms with Gasteiger partial charge in [0.2, 0.25) is 0 Å². The second-order valence-corrected chi connectivity index (χ2v) is 5.99. The van der Waals surface area contributed by atoms with Crippen LogP contribution in [0.25, 0.3) is 0 Å². The SMILES string of the molecule is CCCCCNc1cnc(C(=O)NCCc2cccc(Cl)c2)cn1. The Morgan fingerprint density at radius 1 is 1.17 bits per heavy atom. The van der Waals surface area contributed by atoms with Gasteiger partial charge in [0.05, 0.1) is 12.4 Å². The van der Waals surface area contributed by atoms with Gasteiger partial charge in [0, 0.05) is 18.1 Å².